The first kappa shape index (κ1) is 12.3. The van der Waals surface area contributed by atoms with Gasteiger partial charge in [0.2, 0.25) is 0 Å². The summed E-state index contributed by atoms with van der Waals surface area (Å²) in [5.41, 5.74) is 0. The second-order valence-electron chi connectivity index (χ2n) is 1.98. The zero-order valence-corrected chi connectivity index (χ0v) is 6.65. The van der Waals surface area contributed by atoms with Crippen LogP contribution in [0.4, 0.5) is 13.2 Å². The summed E-state index contributed by atoms with van der Waals surface area (Å²) in [7, 11) is 0. The lowest BCUT2D eigenvalue weighted by atomic mass is 10.4. The molecule has 78 valence electrons. The minimum atomic E-state index is -5.08. The molecule has 0 fully saturated rings. The van der Waals surface area contributed by atoms with Crippen LogP contribution in [0.3, 0.4) is 0 Å². The van der Waals surface area contributed by atoms with Crippen LogP contribution in [0.5, 0.6) is 0 Å². The monoisotopic (exact) mass is 210 g/mol. The molecule has 1 heterocycles. The lowest BCUT2D eigenvalue weighted by Crippen LogP contribution is -2.21. The lowest BCUT2D eigenvalue weighted by molar-refractivity contribution is -0.192. The molecule has 0 saturated heterocycles. The Labute approximate surface area is 76.0 Å². The zero-order chi connectivity index (χ0) is 11.2. The summed E-state index contributed by atoms with van der Waals surface area (Å²) in [6.07, 6.45) is -1.93. The molecule has 1 N–H and O–H groups in total. The molecule has 0 unspecified atom stereocenters. The topological polar surface area (TPSA) is 79.1 Å². The number of carbonyl (C=O) groups excluding carboxylic acids is 1. The van der Waals surface area contributed by atoms with Crippen molar-refractivity contribution in [1.82, 2.24) is 0 Å². The highest BCUT2D eigenvalue weighted by Crippen LogP contribution is 2.13. The highest BCUT2D eigenvalue weighted by molar-refractivity contribution is 5.99. The molecule has 1 amide bonds. The van der Waals surface area contributed by atoms with Gasteiger partial charge in [0.05, 0.1) is 6.42 Å². The maximum atomic E-state index is 10.6. The van der Waals surface area contributed by atoms with Gasteiger partial charge in [0.25, 0.3) is 5.91 Å². The summed E-state index contributed by atoms with van der Waals surface area (Å²) in [6.45, 7) is 0. The van der Waals surface area contributed by atoms with Crippen LogP contribution < -0.4 is 0 Å². The van der Waals surface area contributed by atoms with Crippen LogP contribution in [0.25, 0.3) is 0 Å². The number of hydrogen-bond donors (Lipinski definition) is 1. The molecule has 14 heavy (non-hydrogen) atoms. The van der Waals surface area contributed by atoms with Crippen LogP contribution in [0, 0.1) is 0 Å². The number of amides is 1. The van der Waals surface area contributed by atoms with E-state index < -0.39 is 12.1 Å². The van der Waals surface area contributed by atoms with E-state index in [9.17, 15) is 18.0 Å². The Kier molecular flexibility index (Phi) is 4.47. The standard InChI is InChI=1S/C4H4N2O.C2HF3O2/c7-4-1-2-5-3-6-4;3-2(4,5)1(6)7/h2-3H,1H2;(H,6,7). The van der Waals surface area contributed by atoms with Crippen molar-refractivity contribution in [2.75, 3.05) is 0 Å². The minimum Gasteiger partial charge on any atom is -0.475 e. The number of aliphatic carboxylic acids is 1. The quantitative estimate of drug-likeness (QED) is 0.637. The number of carboxylic acid groups (broad SMARTS) is 1. The summed E-state index contributed by atoms with van der Waals surface area (Å²) in [5, 5.41) is 7.12. The van der Waals surface area contributed by atoms with Crippen LogP contribution in [0.2, 0.25) is 0 Å². The summed E-state index contributed by atoms with van der Waals surface area (Å²) in [6, 6.07) is 0. The fourth-order valence-electron chi connectivity index (χ4n) is 0.328. The normalized spacial score (nSPS) is 14.6. The number of nitrogens with zero attached hydrogens (tertiary/aromatic N) is 2. The highest BCUT2D eigenvalue weighted by atomic mass is 19.4. The van der Waals surface area contributed by atoms with Gasteiger partial charge in [-0.15, -0.1) is 0 Å². The van der Waals surface area contributed by atoms with Crippen molar-refractivity contribution in [3.8, 4) is 0 Å². The van der Waals surface area contributed by atoms with Gasteiger partial charge in [-0.1, -0.05) is 0 Å². The molecule has 0 spiro atoms. The fourth-order valence-corrected chi connectivity index (χ4v) is 0.328. The van der Waals surface area contributed by atoms with Crippen molar-refractivity contribution < 1.29 is 27.9 Å². The van der Waals surface area contributed by atoms with Crippen LogP contribution in [-0.2, 0) is 9.59 Å². The predicted molar refractivity (Wildman–Crippen MR) is 40.3 cm³/mol. The van der Waals surface area contributed by atoms with Crippen molar-refractivity contribution in [2.45, 2.75) is 12.6 Å². The van der Waals surface area contributed by atoms with E-state index >= 15 is 0 Å². The first-order valence-corrected chi connectivity index (χ1v) is 3.21. The summed E-state index contributed by atoms with van der Waals surface area (Å²) in [4.78, 5) is 26.0. The molecule has 1 aliphatic rings. The van der Waals surface area contributed by atoms with E-state index in [2.05, 4.69) is 9.98 Å². The van der Waals surface area contributed by atoms with Crippen molar-refractivity contribution in [1.29, 1.82) is 0 Å². The SMILES string of the molecule is O=C(O)C(F)(F)F.O=C1CC=NC=N1. The van der Waals surface area contributed by atoms with E-state index in [0.29, 0.717) is 6.42 Å². The van der Waals surface area contributed by atoms with Crippen LogP contribution in [-0.4, -0.2) is 35.7 Å². The molecule has 0 saturated carbocycles. The summed E-state index contributed by atoms with van der Waals surface area (Å²) >= 11 is 0. The first-order chi connectivity index (χ1) is 6.34. The average molecular weight is 210 g/mol. The molecule has 0 aromatic rings. The molecule has 0 atom stereocenters. The van der Waals surface area contributed by atoms with Gasteiger partial charge in [-0.3, -0.25) is 4.79 Å². The van der Waals surface area contributed by atoms with Crippen molar-refractivity contribution in [3.63, 3.8) is 0 Å². The molecule has 1 rings (SSSR count). The van der Waals surface area contributed by atoms with E-state index in [1.807, 2.05) is 0 Å². The third-order valence-electron chi connectivity index (χ3n) is 0.882. The largest absolute Gasteiger partial charge is 0.490 e. The average Bonchev–Trinajstić information content (AvgIpc) is 2.04. The van der Waals surface area contributed by atoms with Crippen LogP contribution in [0.1, 0.15) is 6.42 Å². The van der Waals surface area contributed by atoms with E-state index in [1.54, 1.807) is 0 Å². The highest BCUT2D eigenvalue weighted by Gasteiger charge is 2.38. The Morgan fingerprint density at radius 2 is 2.00 bits per heavy atom. The Balaban J connectivity index is 0.000000241. The lowest BCUT2D eigenvalue weighted by Gasteiger charge is -1.93. The number of hydrogen-bond acceptors (Lipinski definition) is 3. The molecule has 0 aromatic carbocycles. The second kappa shape index (κ2) is 5.10. The number of alkyl halides is 3. The van der Waals surface area contributed by atoms with Crippen LogP contribution >= 0.6 is 0 Å². The Bertz CT molecular complexity index is 283. The van der Waals surface area contributed by atoms with Crippen molar-refractivity contribution >= 4 is 24.4 Å². The number of aliphatic imine (C=N–C) groups is 2. The molecule has 0 radical (unpaired) electrons. The molecule has 8 heteroatoms. The van der Waals surface area contributed by atoms with Gasteiger partial charge in [-0.05, 0) is 0 Å². The predicted octanol–water partition coefficient (Wildman–Crippen LogP) is 0.649. The van der Waals surface area contributed by atoms with E-state index in [-0.39, 0.29) is 5.91 Å². The Hall–Kier alpha value is -1.73. The van der Waals surface area contributed by atoms with Gasteiger partial charge < -0.3 is 5.11 Å². The van der Waals surface area contributed by atoms with Crippen molar-refractivity contribution in [3.05, 3.63) is 0 Å². The maximum Gasteiger partial charge on any atom is 0.490 e. The molecule has 0 aliphatic carbocycles. The Morgan fingerprint density at radius 3 is 2.14 bits per heavy atom. The second-order valence-corrected chi connectivity index (χ2v) is 1.98. The molecular weight excluding hydrogens is 205 g/mol. The van der Waals surface area contributed by atoms with Gasteiger partial charge >= 0.3 is 12.1 Å². The molecule has 0 aromatic heterocycles. The first-order valence-electron chi connectivity index (χ1n) is 3.21. The molecule has 0 bridgehead atoms. The van der Waals surface area contributed by atoms with Crippen LogP contribution in [0.15, 0.2) is 9.98 Å². The minimum absolute atomic E-state index is 0.116. The van der Waals surface area contributed by atoms with Crippen molar-refractivity contribution in [2.24, 2.45) is 9.98 Å². The molecule has 1 aliphatic heterocycles. The fraction of sp³-hybridized carbons (Fsp3) is 0.333. The van der Waals surface area contributed by atoms with Gasteiger partial charge in [-0.25, -0.2) is 14.8 Å². The smallest absolute Gasteiger partial charge is 0.475 e. The number of carbonyl (C=O) groups is 2. The van der Waals surface area contributed by atoms with Gasteiger partial charge in [0.15, 0.2) is 0 Å². The van der Waals surface area contributed by atoms with Gasteiger partial charge in [0, 0.05) is 6.21 Å². The van der Waals surface area contributed by atoms with Gasteiger partial charge in [-0.2, -0.15) is 13.2 Å². The number of carboxylic acids is 1. The third-order valence-corrected chi connectivity index (χ3v) is 0.882. The summed E-state index contributed by atoms with van der Waals surface area (Å²) < 4.78 is 31.7. The molecule has 5 nitrogen and oxygen atoms in total. The van der Waals surface area contributed by atoms with Gasteiger partial charge in [0.1, 0.15) is 6.34 Å². The number of rotatable bonds is 0. The van der Waals surface area contributed by atoms with E-state index in [4.69, 9.17) is 9.90 Å². The Morgan fingerprint density at radius 1 is 1.50 bits per heavy atom. The van der Waals surface area contributed by atoms with E-state index in [1.165, 1.54) is 12.6 Å². The summed E-state index contributed by atoms with van der Waals surface area (Å²) in [5.74, 6) is -2.87. The molecular formula is C6H5F3N2O3. The zero-order valence-electron chi connectivity index (χ0n) is 6.65. The maximum absolute atomic E-state index is 10.6. The van der Waals surface area contributed by atoms with E-state index in [0.717, 1.165) is 0 Å². The third kappa shape index (κ3) is 5.86. The number of halogens is 3.